The van der Waals surface area contributed by atoms with Crippen LogP contribution in [0.5, 0.6) is 0 Å². The summed E-state index contributed by atoms with van der Waals surface area (Å²) >= 11 is 1.66. The SMILES string of the molecule is CC(C)(C)OC(=O)N[C@H](C(=O)N1CCSC1)C1CC2CCC(C1)N2C(=O)c1ccc(C(F)(F)F)cc1. The Balaban J connectivity index is 1.49. The average Bonchev–Trinajstić information content (AvgIpc) is 3.41. The lowest BCUT2D eigenvalue weighted by atomic mass is 9.83. The van der Waals surface area contributed by atoms with Crippen LogP contribution in [-0.4, -0.2) is 69.6 Å². The Morgan fingerprint density at radius 3 is 2.17 bits per heavy atom. The molecule has 1 N–H and O–H groups in total. The van der Waals surface area contributed by atoms with Gasteiger partial charge in [0, 0.05) is 29.9 Å². The van der Waals surface area contributed by atoms with Gasteiger partial charge in [0.05, 0.1) is 11.4 Å². The molecule has 0 radical (unpaired) electrons. The van der Waals surface area contributed by atoms with Crippen LogP contribution < -0.4 is 5.32 Å². The number of hydrogen-bond donors (Lipinski definition) is 1. The molecule has 1 aromatic carbocycles. The number of piperidine rings is 1. The van der Waals surface area contributed by atoms with Crippen molar-refractivity contribution in [2.75, 3.05) is 18.2 Å². The first-order valence-corrected chi connectivity index (χ1v) is 13.3. The molecule has 36 heavy (non-hydrogen) atoms. The molecule has 2 bridgehead atoms. The zero-order chi connectivity index (χ0) is 26.3. The number of rotatable bonds is 4. The van der Waals surface area contributed by atoms with Crippen molar-refractivity contribution in [3.63, 3.8) is 0 Å². The minimum absolute atomic E-state index is 0.141. The number of carbonyl (C=O) groups is 3. The second kappa shape index (κ2) is 10.1. The number of halogens is 3. The molecule has 3 fully saturated rings. The van der Waals surface area contributed by atoms with Crippen LogP contribution in [-0.2, 0) is 15.7 Å². The minimum Gasteiger partial charge on any atom is -0.444 e. The number of fused-ring (bicyclic) bond motifs is 2. The first-order valence-electron chi connectivity index (χ1n) is 12.2. The first kappa shape index (κ1) is 26.6. The Hall–Kier alpha value is -2.43. The number of nitrogens with one attached hydrogen (secondary N) is 1. The van der Waals surface area contributed by atoms with E-state index in [0.717, 1.165) is 30.7 Å². The van der Waals surface area contributed by atoms with Gasteiger partial charge in [-0.05, 0) is 76.6 Å². The van der Waals surface area contributed by atoms with Crippen LogP contribution in [0.2, 0.25) is 0 Å². The van der Waals surface area contributed by atoms with Crippen molar-refractivity contribution >= 4 is 29.7 Å². The van der Waals surface area contributed by atoms with Crippen molar-refractivity contribution in [1.82, 2.24) is 15.1 Å². The Kier molecular flexibility index (Phi) is 7.50. The molecule has 11 heteroatoms. The molecule has 4 rings (SSSR count). The van der Waals surface area contributed by atoms with E-state index in [4.69, 9.17) is 4.74 Å². The van der Waals surface area contributed by atoms with Gasteiger partial charge in [-0.3, -0.25) is 9.59 Å². The molecule has 3 heterocycles. The smallest absolute Gasteiger partial charge is 0.416 e. The van der Waals surface area contributed by atoms with E-state index in [1.54, 1.807) is 42.3 Å². The van der Waals surface area contributed by atoms with E-state index in [1.165, 1.54) is 12.1 Å². The Labute approximate surface area is 213 Å². The second-order valence-corrected chi connectivity index (χ2v) is 11.7. The highest BCUT2D eigenvalue weighted by Gasteiger charge is 2.48. The topological polar surface area (TPSA) is 79.0 Å². The summed E-state index contributed by atoms with van der Waals surface area (Å²) in [6.07, 6.45) is -2.56. The number of thioether (sulfide) groups is 1. The van der Waals surface area contributed by atoms with Crippen LogP contribution in [0.4, 0.5) is 18.0 Å². The van der Waals surface area contributed by atoms with Gasteiger partial charge in [-0.15, -0.1) is 11.8 Å². The molecule has 3 saturated heterocycles. The molecule has 198 valence electrons. The Morgan fingerprint density at radius 1 is 1.06 bits per heavy atom. The fourth-order valence-electron chi connectivity index (χ4n) is 5.37. The van der Waals surface area contributed by atoms with Gasteiger partial charge in [-0.1, -0.05) is 0 Å². The molecular weight excluding hydrogens is 495 g/mol. The summed E-state index contributed by atoms with van der Waals surface area (Å²) < 4.78 is 44.2. The first-order chi connectivity index (χ1) is 16.8. The van der Waals surface area contributed by atoms with E-state index >= 15 is 0 Å². The van der Waals surface area contributed by atoms with Crippen molar-refractivity contribution in [2.24, 2.45) is 5.92 Å². The van der Waals surface area contributed by atoms with Gasteiger partial charge in [0.25, 0.3) is 5.91 Å². The summed E-state index contributed by atoms with van der Waals surface area (Å²) in [6, 6.07) is 3.24. The maximum Gasteiger partial charge on any atom is 0.416 e. The summed E-state index contributed by atoms with van der Waals surface area (Å²) in [5.41, 5.74) is -1.29. The number of nitrogens with zero attached hydrogens (tertiary/aromatic N) is 2. The maximum absolute atomic E-state index is 13.4. The van der Waals surface area contributed by atoms with Crippen LogP contribution in [0.15, 0.2) is 24.3 Å². The maximum atomic E-state index is 13.4. The summed E-state index contributed by atoms with van der Waals surface area (Å²) in [5.74, 6) is 0.802. The van der Waals surface area contributed by atoms with Gasteiger partial charge in [-0.2, -0.15) is 13.2 Å². The Morgan fingerprint density at radius 2 is 1.67 bits per heavy atom. The average molecular weight is 528 g/mol. The summed E-state index contributed by atoms with van der Waals surface area (Å²) in [7, 11) is 0. The van der Waals surface area contributed by atoms with Gasteiger partial charge in [0.15, 0.2) is 0 Å². The fraction of sp³-hybridized carbons (Fsp3) is 0.640. The molecule has 0 spiro atoms. The lowest BCUT2D eigenvalue weighted by molar-refractivity contribution is -0.137. The highest BCUT2D eigenvalue weighted by Crippen LogP contribution is 2.41. The monoisotopic (exact) mass is 527 g/mol. The van der Waals surface area contributed by atoms with E-state index in [9.17, 15) is 27.6 Å². The highest BCUT2D eigenvalue weighted by molar-refractivity contribution is 7.99. The zero-order valence-electron chi connectivity index (χ0n) is 20.6. The van der Waals surface area contributed by atoms with E-state index < -0.39 is 29.5 Å². The summed E-state index contributed by atoms with van der Waals surface area (Å²) in [6.45, 7) is 5.89. The number of amides is 3. The summed E-state index contributed by atoms with van der Waals surface area (Å²) in [4.78, 5) is 42.8. The quantitative estimate of drug-likeness (QED) is 0.623. The van der Waals surface area contributed by atoms with Crippen molar-refractivity contribution in [1.29, 1.82) is 0 Å². The third-order valence-electron chi connectivity index (χ3n) is 6.94. The predicted molar refractivity (Wildman–Crippen MR) is 129 cm³/mol. The number of carbonyl (C=O) groups excluding carboxylic acids is 3. The van der Waals surface area contributed by atoms with Crippen molar-refractivity contribution in [3.8, 4) is 0 Å². The third-order valence-corrected chi connectivity index (χ3v) is 7.90. The number of hydrogen-bond acceptors (Lipinski definition) is 5. The third kappa shape index (κ3) is 5.92. The van der Waals surface area contributed by atoms with Gasteiger partial charge in [-0.25, -0.2) is 4.79 Å². The van der Waals surface area contributed by atoms with Crippen molar-refractivity contribution < 1.29 is 32.3 Å². The van der Waals surface area contributed by atoms with E-state index in [0.29, 0.717) is 25.3 Å². The molecule has 1 aromatic rings. The van der Waals surface area contributed by atoms with Gasteiger partial charge < -0.3 is 19.9 Å². The zero-order valence-corrected chi connectivity index (χ0v) is 21.5. The molecule has 2 unspecified atom stereocenters. The van der Waals surface area contributed by atoms with Crippen LogP contribution in [0.3, 0.4) is 0 Å². The number of ether oxygens (including phenoxy) is 1. The number of alkyl halides is 3. The van der Waals surface area contributed by atoms with Crippen LogP contribution in [0, 0.1) is 5.92 Å². The van der Waals surface area contributed by atoms with Crippen molar-refractivity contribution in [2.45, 2.75) is 76.4 Å². The second-order valence-electron chi connectivity index (χ2n) is 10.7. The number of benzene rings is 1. The van der Waals surface area contributed by atoms with Gasteiger partial charge in [0.2, 0.25) is 5.91 Å². The summed E-state index contributed by atoms with van der Waals surface area (Å²) in [5, 5.41) is 2.81. The molecule has 3 amide bonds. The molecule has 3 aliphatic rings. The Bertz CT molecular complexity index is 976. The van der Waals surface area contributed by atoms with E-state index in [-0.39, 0.29) is 35.4 Å². The largest absolute Gasteiger partial charge is 0.444 e. The fourth-order valence-corrected chi connectivity index (χ4v) is 6.33. The lowest BCUT2D eigenvalue weighted by Gasteiger charge is -2.42. The van der Waals surface area contributed by atoms with Crippen LogP contribution >= 0.6 is 11.8 Å². The molecular formula is C25H32F3N3O4S. The predicted octanol–water partition coefficient (Wildman–Crippen LogP) is 4.51. The lowest BCUT2D eigenvalue weighted by Crippen LogP contribution is -2.57. The van der Waals surface area contributed by atoms with Crippen molar-refractivity contribution in [3.05, 3.63) is 35.4 Å². The standard InChI is InChI=1S/C25H32F3N3O4S/c1-24(2,3)35-23(34)29-20(22(33)30-10-11-36-14-30)16-12-18-8-9-19(13-16)31(18)21(32)15-4-6-17(7-5-15)25(26,27)28/h4-7,16,18-20H,8-14H2,1-3H3,(H,29,34)/t16?,18?,19?,20-/m0/s1. The molecule has 0 aliphatic carbocycles. The van der Waals surface area contributed by atoms with Gasteiger partial charge in [0.1, 0.15) is 11.6 Å². The van der Waals surface area contributed by atoms with Crippen LogP contribution in [0.25, 0.3) is 0 Å². The molecule has 7 nitrogen and oxygen atoms in total. The molecule has 3 aliphatic heterocycles. The van der Waals surface area contributed by atoms with Crippen LogP contribution in [0.1, 0.15) is 62.4 Å². The van der Waals surface area contributed by atoms with Gasteiger partial charge >= 0.3 is 12.3 Å². The van der Waals surface area contributed by atoms with E-state index in [2.05, 4.69) is 5.32 Å². The molecule has 0 aromatic heterocycles. The molecule has 3 atom stereocenters. The number of alkyl carbamates (subject to hydrolysis) is 1. The van der Waals surface area contributed by atoms with E-state index in [1.807, 2.05) is 0 Å². The normalized spacial score (nSPS) is 25.0. The molecule has 0 saturated carbocycles. The minimum atomic E-state index is -4.46. The highest BCUT2D eigenvalue weighted by atomic mass is 32.2.